The first-order valence-electron chi connectivity index (χ1n) is 8.08. The van der Waals surface area contributed by atoms with Crippen LogP contribution in [0.4, 0.5) is 5.82 Å². The minimum atomic E-state index is 0.917. The van der Waals surface area contributed by atoms with E-state index in [0.717, 1.165) is 36.7 Å². The molecule has 0 aliphatic heterocycles. The molecule has 110 valence electrons. The van der Waals surface area contributed by atoms with E-state index in [1.807, 2.05) is 0 Å². The van der Waals surface area contributed by atoms with E-state index >= 15 is 0 Å². The highest BCUT2D eigenvalue weighted by Crippen LogP contribution is 2.19. The minimum Gasteiger partial charge on any atom is -0.384 e. The van der Waals surface area contributed by atoms with Crippen molar-refractivity contribution in [3.63, 3.8) is 0 Å². The molecule has 3 nitrogen and oxygen atoms in total. The number of imidazole rings is 1. The second-order valence-corrected chi connectivity index (χ2v) is 5.38. The number of nitrogens with two attached hydrogens (primary N) is 1. The molecule has 0 unspecified atom stereocenters. The molecule has 0 atom stereocenters. The molecule has 0 bridgehead atoms. The number of hydrogen-bond acceptors (Lipinski definition) is 2. The summed E-state index contributed by atoms with van der Waals surface area (Å²) in [5.41, 5.74) is 7.39. The molecule has 1 aromatic heterocycles. The van der Waals surface area contributed by atoms with Gasteiger partial charge in [-0.05, 0) is 19.3 Å². The van der Waals surface area contributed by atoms with Gasteiger partial charge in [-0.25, -0.2) is 4.98 Å². The highest BCUT2D eigenvalue weighted by molar-refractivity contribution is 5.38. The number of nitrogen functional groups attached to an aromatic ring is 1. The second kappa shape index (κ2) is 9.00. The monoisotopic (exact) mass is 265 g/mol. The molecule has 19 heavy (non-hydrogen) atoms. The Morgan fingerprint density at radius 1 is 0.947 bits per heavy atom. The number of hydrogen-bond donors (Lipinski definition) is 1. The van der Waals surface area contributed by atoms with E-state index in [0.29, 0.717) is 0 Å². The van der Waals surface area contributed by atoms with Crippen molar-refractivity contribution in [2.24, 2.45) is 0 Å². The van der Waals surface area contributed by atoms with Gasteiger partial charge in [-0.1, -0.05) is 52.9 Å². The van der Waals surface area contributed by atoms with Crippen LogP contribution in [0.5, 0.6) is 0 Å². The van der Waals surface area contributed by atoms with E-state index in [9.17, 15) is 0 Å². The number of aryl methyl sites for hydroxylation is 2. The lowest BCUT2D eigenvalue weighted by Gasteiger charge is -2.07. The van der Waals surface area contributed by atoms with E-state index in [1.165, 1.54) is 44.9 Å². The van der Waals surface area contributed by atoms with Gasteiger partial charge >= 0.3 is 0 Å². The maximum Gasteiger partial charge on any atom is 0.126 e. The zero-order chi connectivity index (χ0) is 14.1. The third-order valence-electron chi connectivity index (χ3n) is 3.73. The molecule has 0 amide bonds. The molecule has 1 heterocycles. The fraction of sp³-hybridized carbons (Fsp3) is 0.812. The Balaban J connectivity index is 2.55. The van der Waals surface area contributed by atoms with Crippen molar-refractivity contribution in [3.05, 3.63) is 11.5 Å². The minimum absolute atomic E-state index is 0.917. The van der Waals surface area contributed by atoms with Crippen molar-refractivity contribution >= 4 is 5.82 Å². The van der Waals surface area contributed by atoms with Crippen LogP contribution in [0.2, 0.25) is 0 Å². The summed E-state index contributed by atoms with van der Waals surface area (Å²) < 4.78 is 2.23. The fourth-order valence-electron chi connectivity index (χ4n) is 2.48. The molecule has 0 spiro atoms. The molecule has 0 saturated heterocycles. The molecule has 3 heteroatoms. The fourth-order valence-corrected chi connectivity index (χ4v) is 2.48. The van der Waals surface area contributed by atoms with Gasteiger partial charge in [0.15, 0.2) is 0 Å². The van der Waals surface area contributed by atoms with E-state index < -0.39 is 0 Å². The Morgan fingerprint density at radius 3 is 2.26 bits per heavy atom. The molecule has 0 aliphatic rings. The molecule has 0 radical (unpaired) electrons. The summed E-state index contributed by atoms with van der Waals surface area (Å²) in [5.74, 6) is 2.08. The number of nitrogens with zero attached hydrogens (tertiary/aromatic N) is 2. The standard InChI is InChI=1S/C16H31N3/c1-4-7-9-10-11-12-14-16(17)19(13-8-5-2)15(6-3)18-14/h4-13,17H2,1-3H3. The second-order valence-electron chi connectivity index (χ2n) is 5.38. The Kier molecular flexibility index (Phi) is 7.61. The molecule has 1 rings (SSSR count). The van der Waals surface area contributed by atoms with Crippen molar-refractivity contribution < 1.29 is 0 Å². The van der Waals surface area contributed by atoms with Gasteiger partial charge in [0.1, 0.15) is 11.6 Å². The first-order valence-corrected chi connectivity index (χ1v) is 8.08. The summed E-state index contributed by atoms with van der Waals surface area (Å²) >= 11 is 0. The third-order valence-corrected chi connectivity index (χ3v) is 3.73. The molecule has 0 saturated carbocycles. The number of rotatable bonds is 10. The van der Waals surface area contributed by atoms with Gasteiger partial charge in [-0.2, -0.15) is 0 Å². The first kappa shape index (κ1) is 16.1. The molecular formula is C16H31N3. The number of unbranched alkanes of at least 4 members (excludes halogenated alkanes) is 5. The van der Waals surface area contributed by atoms with Gasteiger partial charge < -0.3 is 10.3 Å². The third kappa shape index (κ3) is 4.88. The Labute approximate surface area is 118 Å². The summed E-state index contributed by atoms with van der Waals surface area (Å²) in [4.78, 5) is 4.74. The lowest BCUT2D eigenvalue weighted by molar-refractivity contribution is 0.611. The van der Waals surface area contributed by atoms with Crippen molar-refractivity contribution in [1.82, 2.24) is 9.55 Å². The van der Waals surface area contributed by atoms with Crippen LogP contribution in [0.15, 0.2) is 0 Å². The Bertz CT molecular complexity index is 355. The summed E-state index contributed by atoms with van der Waals surface area (Å²) in [5, 5.41) is 0. The zero-order valence-corrected chi connectivity index (χ0v) is 13.0. The van der Waals surface area contributed by atoms with Crippen LogP contribution in [-0.2, 0) is 19.4 Å². The summed E-state index contributed by atoms with van der Waals surface area (Å²) in [6.45, 7) is 7.65. The maximum atomic E-state index is 6.26. The van der Waals surface area contributed by atoms with Crippen molar-refractivity contribution in [2.45, 2.75) is 85.1 Å². The predicted molar refractivity (Wildman–Crippen MR) is 83.4 cm³/mol. The van der Waals surface area contributed by atoms with Crippen LogP contribution in [0.1, 0.15) is 77.2 Å². The van der Waals surface area contributed by atoms with E-state index in [2.05, 4.69) is 25.3 Å². The molecule has 0 fully saturated rings. The number of anilines is 1. The van der Waals surface area contributed by atoms with Gasteiger partial charge in [0, 0.05) is 13.0 Å². The Hall–Kier alpha value is -0.990. The molecule has 0 aliphatic carbocycles. The van der Waals surface area contributed by atoms with E-state index in [-0.39, 0.29) is 0 Å². The van der Waals surface area contributed by atoms with Crippen LogP contribution >= 0.6 is 0 Å². The van der Waals surface area contributed by atoms with Crippen LogP contribution < -0.4 is 5.73 Å². The smallest absolute Gasteiger partial charge is 0.126 e. The van der Waals surface area contributed by atoms with Gasteiger partial charge in [-0.3, -0.25) is 0 Å². The molecule has 1 aromatic rings. The largest absolute Gasteiger partial charge is 0.384 e. The summed E-state index contributed by atoms with van der Waals surface area (Å²) in [6, 6.07) is 0. The summed E-state index contributed by atoms with van der Waals surface area (Å²) in [7, 11) is 0. The van der Waals surface area contributed by atoms with Crippen LogP contribution in [0.25, 0.3) is 0 Å². The average Bonchev–Trinajstić information content (AvgIpc) is 2.72. The Morgan fingerprint density at radius 2 is 1.63 bits per heavy atom. The van der Waals surface area contributed by atoms with Gasteiger partial charge in [0.25, 0.3) is 0 Å². The molecular weight excluding hydrogens is 234 g/mol. The molecule has 2 N–H and O–H groups in total. The van der Waals surface area contributed by atoms with Crippen molar-refractivity contribution in [3.8, 4) is 0 Å². The lowest BCUT2D eigenvalue weighted by Crippen LogP contribution is -2.07. The maximum absolute atomic E-state index is 6.26. The quantitative estimate of drug-likeness (QED) is 0.639. The SMILES string of the molecule is CCCCCCCc1nc(CC)n(CCCC)c1N. The van der Waals surface area contributed by atoms with Crippen molar-refractivity contribution in [1.29, 1.82) is 0 Å². The van der Waals surface area contributed by atoms with E-state index in [4.69, 9.17) is 10.7 Å². The van der Waals surface area contributed by atoms with Crippen LogP contribution in [0, 0.1) is 0 Å². The van der Waals surface area contributed by atoms with Crippen LogP contribution in [0.3, 0.4) is 0 Å². The first-order chi connectivity index (χ1) is 9.24. The predicted octanol–water partition coefficient (Wildman–Crippen LogP) is 4.34. The molecule has 0 aromatic carbocycles. The van der Waals surface area contributed by atoms with Gasteiger partial charge in [0.2, 0.25) is 0 Å². The average molecular weight is 265 g/mol. The van der Waals surface area contributed by atoms with E-state index in [1.54, 1.807) is 0 Å². The normalized spacial score (nSPS) is 11.1. The van der Waals surface area contributed by atoms with Crippen molar-refractivity contribution in [2.75, 3.05) is 5.73 Å². The van der Waals surface area contributed by atoms with Gasteiger partial charge in [0.05, 0.1) is 5.69 Å². The zero-order valence-electron chi connectivity index (χ0n) is 13.0. The van der Waals surface area contributed by atoms with Gasteiger partial charge in [-0.15, -0.1) is 0 Å². The highest BCUT2D eigenvalue weighted by atomic mass is 15.1. The lowest BCUT2D eigenvalue weighted by atomic mass is 10.1. The summed E-state index contributed by atoms with van der Waals surface area (Å²) in [6.07, 6.45) is 10.9. The topological polar surface area (TPSA) is 43.8 Å². The van der Waals surface area contributed by atoms with Crippen LogP contribution in [-0.4, -0.2) is 9.55 Å². The highest BCUT2D eigenvalue weighted by Gasteiger charge is 2.12. The number of aromatic nitrogens is 2.